The van der Waals surface area contributed by atoms with Gasteiger partial charge in [0.2, 0.25) is 0 Å². The largest absolute Gasteiger partial charge is 0.497 e. The number of benzene rings is 5. The Kier molecular flexibility index (Phi) is 17.4. The van der Waals surface area contributed by atoms with Crippen LogP contribution in [-0.4, -0.2) is 147 Å². The molecule has 0 radical (unpaired) electrons. The van der Waals surface area contributed by atoms with E-state index in [0.29, 0.717) is 28.4 Å². The van der Waals surface area contributed by atoms with Gasteiger partial charge in [0.05, 0.1) is 70.0 Å². The van der Waals surface area contributed by atoms with Crippen LogP contribution in [0.2, 0.25) is 0 Å². The zero-order valence-corrected chi connectivity index (χ0v) is 44.0. The van der Waals surface area contributed by atoms with Crippen molar-refractivity contribution in [3.8, 4) is 17.2 Å². The number of imide groups is 2. The summed E-state index contributed by atoms with van der Waals surface area (Å²) in [5, 5.41) is 0. The number of hydrogen-bond donors (Lipinski definition) is 0. The van der Waals surface area contributed by atoms with E-state index in [4.69, 9.17) is 56.8 Å². The van der Waals surface area contributed by atoms with Crippen LogP contribution in [0.15, 0.2) is 121 Å². The molecule has 0 unspecified atom stereocenters. The predicted molar refractivity (Wildman–Crippen MR) is 273 cm³/mol. The Morgan fingerprint density at radius 1 is 0.443 bits per heavy atom. The van der Waals surface area contributed by atoms with Crippen LogP contribution in [-0.2, 0) is 76.8 Å². The minimum atomic E-state index is -1.91. The number of amides is 4. The number of fused-ring (bicyclic) bond motifs is 2. The monoisotopic (exact) mass is 1090 g/mol. The minimum Gasteiger partial charge on any atom is -0.497 e. The van der Waals surface area contributed by atoms with Gasteiger partial charge in [0.25, 0.3) is 23.6 Å². The summed E-state index contributed by atoms with van der Waals surface area (Å²) in [6, 6.07) is 30.0. The number of hydrogen-bond acceptors (Lipinski definition) is 19. The predicted octanol–water partition coefficient (Wildman–Crippen LogP) is 5.62. The second-order valence-corrected chi connectivity index (χ2v) is 18.8. The van der Waals surface area contributed by atoms with Gasteiger partial charge in [-0.05, 0) is 77.4 Å². The summed E-state index contributed by atoms with van der Waals surface area (Å²) in [6.45, 7) is 2.03. The van der Waals surface area contributed by atoms with Crippen molar-refractivity contribution in [3.63, 3.8) is 0 Å². The van der Waals surface area contributed by atoms with E-state index in [1.54, 1.807) is 104 Å². The first-order valence-electron chi connectivity index (χ1n) is 25.3. The highest BCUT2D eigenvalue weighted by Crippen LogP contribution is 2.41. The first-order chi connectivity index (χ1) is 38.2. The SMILES string of the molecule is COc1ccc(COC[C@H]2O[C@@H](OCc3ccc(OC)cc3)[C@H](N3C(=O)c4ccccc4C3=O)[C@@H](OCc3ccc(OC)cc3)[C@@H]2O[C@@H]2O[C@H](COC(C)=O)[C@@H](OC(C)=O)[C@H](OC(C)=O)[C@H]2N2C(=O)c3ccccc3C2=O)cc1. The number of carbonyl (C=O) groups excluding carboxylic acids is 7. The minimum absolute atomic E-state index is 0.00653. The van der Waals surface area contributed by atoms with Gasteiger partial charge < -0.3 is 56.8 Å². The average molecular weight is 1090 g/mol. The van der Waals surface area contributed by atoms with E-state index in [0.717, 1.165) is 36.1 Å². The van der Waals surface area contributed by atoms with Gasteiger partial charge in [-0.1, -0.05) is 60.7 Å². The van der Waals surface area contributed by atoms with Crippen molar-refractivity contribution in [2.45, 2.75) is 102 Å². The maximum Gasteiger partial charge on any atom is 0.303 e. The molecule has 21 nitrogen and oxygen atoms in total. The maximum atomic E-state index is 14.9. The van der Waals surface area contributed by atoms with Crippen LogP contribution in [0.4, 0.5) is 0 Å². The fourth-order valence-corrected chi connectivity index (χ4v) is 10.0. The Hall–Kier alpha value is -8.05. The zero-order valence-electron chi connectivity index (χ0n) is 44.0. The van der Waals surface area contributed by atoms with Crippen molar-refractivity contribution in [2.24, 2.45) is 0 Å². The average Bonchev–Trinajstić information content (AvgIpc) is 4.15. The summed E-state index contributed by atoms with van der Waals surface area (Å²) in [6.07, 6.45) is -12.7. The van der Waals surface area contributed by atoms with E-state index in [-0.39, 0.29) is 48.7 Å². The fraction of sp³-hybridized carbons (Fsp3) is 0.362. The van der Waals surface area contributed by atoms with Crippen molar-refractivity contribution >= 4 is 41.5 Å². The Balaban J connectivity index is 1.21. The molecule has 4 heterocycles. The van der Waals surface area contributed by atoms with E-state index >= 15 is 0 Å². The molecule has 2 saturated heterocycles. The topological polar surface area (TPSA) is 237 Å². The normalized spacial score (nSPS) is 24.4. The van der Waals surface area contributed by atoms with Crippen molar-refractivity contribution in [1.82, 2.24) is 9.80 Å². The Morgan fingerprint density at radius 3 is 1.27 bits per heavy atom. The Labute approximate surface area is 454 Å². The molecule has 4 aliphatic rings. The maximum absolute atomic E-state index is 14.9. The van der Waals surface area contributed by atoms with Gasteiger partial charge in [0.1, 0.15) is 60.4 Å². The van der Waals surface area contributed by atoms with Gasteiger partial charge in [-0.25, -0.2) is 0 Å². The Morgan fingerprint density at radius 2 is 0.835 bits per heavy atom. The quantitative estimate of drug-likeness (QED) is 0.0492. The van der Waals surface area contributed by atoms with Gasteiger partial charge >= 0.3 is 17.9 Å². The first-order valence-corrected chi connectivity index (χ1v) is 25.3. The highest BCUT2D eigenvalue weighted by atomic mass is 16.7. The molecule has 414 valence electrons. The smallest absolute Gasteiger partial charge is 0.303 e. The van der Waals surface area contributed by atoms with Crippen LogP contribution in [0.5, 0.6) is 17.2 Å². The highest BCUT2D eigenvalue weighted by molar-refractivity contribution is 6.22. The van der Waals surface area contributed by atoms with Crippen LogP contribution >= 0.6 is 0 Å². The second-order valence-electron chi connectivity index (χ2n) is 18.8. The lowest BCUT2D eigenvalue weighted by Gasteiger charge is -2.51. The highest BCUT2D eigenvalue weighted by Gasteiger charge is 2.61. The summed E-state index contributed by atoms with van der Waals surface area (Å²) >= 11 is 0. The zero-order chi connectivity index (χ0) is 55.9. The summed E-state index contributed by atoms with van der Waals surface area (Å²) in [5.74, 6) is -3.95. The molecule has 4 aliphatic heterocycles. The van der Waals surface area contributed by atoms with Gasteiger partial charge in [-0.15, -0.1) is 0 Å². The molecule has 9 rings (SSSR count). The second kappa shape index (κ2) is 24.7. The number of ether oxygens (including phenoxy) is 12. The summed E-state index contributed by atoms with van der Waals surface area (Å²) in [7, 11) is 4.59. The summed E-state index contributed by atoms with van der Waals surface area (Å²) < 4.78 is 74.3. The third-order valence-electron chi connectivity index (χ3n) is 13.7. The van der Waals surface area contributed by atoms with Crippen LogP contribution in [0.3, 0.4) is 0 Å². The number of rotatable bonds is 21. The molecule has 5 aromatic rings. The lowest BCUT2D eigenvalue weighted by molar-refractivity contribution is -0.347. The number of carbonyl (C=O) groups is 7. The fourth-order valence-electron chi connectivity index (χ4n) is 10.0. The number of methoxy groups -OCH3 is 3. The molecule has 0 bridgehead atoms. The van der Waals surface area contributed by atoms with Gasteiger partial charge in [0, 0.05) is 20.8 Å². The molecule has 21 heteroatoms. The van der Waals surface area contributed by atoms with E-state index in [2.05, 4.69) is 0 Å². The van der Waals surface area contributed by atoms with Crippen molar-refractivity contribution in [2.75, 3.05) is 34.5 Å². The van der Waals surface area contributed by atoms with E-state index in [1.165, 1.54) is 38.5 Å². The third-order valence-corrected chi connectivity index (χ3v) is 13.7. The van der Waals surface area contributed by atoms with E-state index in [1.807, 2.05) is 0 Å². The van der Waals surface area contributed by atoms with Crippen LogP contribution < -0.4 is 14.2 Å². The standard InChI is InChI=1S/C58H58N2O19/c1-32(61)72-31-46-50(75-33(2)62)52(76-34(3)63)48(60-55(66)43-13-9-10-14-44(43)56(60)67)58(78-46)79-49-45(30-71-27-35-15-21-38(68-4)22-16-35)77-57(74-29-37-19-25-40(70-6)26-20-37)47(51(49)73-28-36-17-23-39(69-5)24-18-36)59-53(64)41-11-7-8-12-42(41)54(59)65/h7-26,45-52,57-58H,27-31H2,1-6H3/t45-,46-,47-,48-,49-,50-,51-,52-,57-,58+/m1/s1. The van der Waals surface area contributed by atoms with Crippen LogP contribution in [0, 0.1) is 0 Å². The molecule has 0 aromatic heterocycles. The van der Waals surface area contributed by atoms with Crippen molar-refractivity contribution < 1.29 is 90.4 Å². The molecular weight excluding hydrogens is 1030 g/mol. The van der Waals surface area contributed by atoms with Crippen LogP contribution in [0.25, 0.3) is 0 Å². The van der Waals surface area contributed by atoms with E-state index in [9.17, 15) is 33.6 Å². The van der Waals surface area contributed by atoms with E-state index < -0.39 is 109 Å². The Bertz CT molecular complexity index is 2970. The molecular formula is C58H58N2O19. The third kappa shape index (κ3) is 12.2. The van der Waals surface area contributed by atoms with Crippen molar-refractivity contribution in [3.05, 3.63) is 160 Å². The molecule has 0 N–H and O–H groups in total. The van der Waals surface area contributed by atoms with Crippen LogP contribution in [0.1, 0.15) is 78.9 Å². The number of esters is 3. The lowest BCUT2D eigenvalue weighted by Crippen LogP contribution is -2.71. The molecule has 10 atom stereocenters. The molecule has 2 fully saturated rings. The molecule has 0 spiro atoms. The summed E-state index contributed by atoms with van der Waals surface area (Å²) in [4.78, 5) is 99.7. The molecule has 0 aliphatic carbocycles. The first kappa shape index (κ1) is 55.7. The molecule has 5 aromatic carbocycles. The van der Waals surface area contributed by atoms with Gasteiger partial charge in [0.15, 0.2) is 24.8 Å². The molecule has 79 heavy (non-hydrogen) atoms. The lowest BCUT2D eigenvalue weighted by atomic mass is 9.92. The summed E-state index contributed by atoms with van der Waals surface area (Å²) in [5.41, 5.74) is 2.16. The van der Waals surface area contributed by atoms with Crippen molar-refractivity contribution in [1.29, 1.82) is 0 Å². The van der Waals surface area contributed by atoms with Gasteiger partial charge in [-0.3, -0.25) is 43.4 Å². The molecule has 0 saturated carbocycles. The molecule has 4 amide bonds. The number of nitrogens with zero attached hydrogens (tertiary/aromatic N) is 2. The van der Waals surface area contributed by atoms with Gasteiger partial charge in [-0.2, -0.15) is 0 Å².